The number of aromatic nitrogens is 3. The standard InChI is InChI=1S/C16H17N5O/c1-11-5-6-13(8-12(11)2)19-15-10-18-21-16(20-15)17-9-14-4-3-7-22-14/h3-8,10H,9H2,1-2H3,(H2,17,19,20,21). The second kappa shape index (κ2) is 6.26. The Balaban J connectivity index is 1.69. The molecule has 0 amide bonds. The van der Waals surface area contributed by atoms with E-state index in [2.05, 4.69) is 51.8 Å². The molecule has 2 heterocycles. The summed E-state index contributed by atoms with van der Waals surface area (Å²) in [7, 11) is 0. The molecule has 3 aromatic rings. The van der Waals surface area contributed by atoms with Crippen molar-refractivity contribution in [2.45, 2.75) is 20.4 Å². The van der Waals surface area contributed by atoms with Gasteiger partial charge in [-0.25, -0.2) is 0 Å². The molecule has 0 atom stereocenters. The van der Waals surface area contributed by atoms with E-state index in [-0.39, 0.29) is 0 Å². The fraction of sp³-hybridized carbons (Fsp3) is 0.188. The lowest BCUT2D eigenvalue weighted by atomic mass is 10.1. The molecule has 0 fully saturated rings. The number of rotatable bonds is 5. The number of hydrogen-bond donors (Lipinski definition) is 2. The highest BCUT2D eigenvalue weighted by Crippen LogP contribution is 2.18. The predicted molar refractivity (Wildman–Crippen MR) is 85.1 cm³/mol. The molecular weight excluding hydrogens is 278 g/mol. The molecule has 0 saturated heterocycles. The van der Waals surface area contributed by atoms with Crippen LogP contribution in [0.4, 0.5) is 17.5 Å². The molecule has 0 aliphatic carbocycles. The zero-order valence-electron chi connectivity index (χ0n) is 12.5. The van der Waals surface area contributed by atoms with Gasteiger partial charge < -0.3 is 15.1 Å². The van der Waals surface area contributed by atoms with Crippen LogP contribution in [0.15, 0.2) is 47.2 Å². The second-order valence-electron chi connectivity index (χ2n) is 5.02. The molecule has 0 bridgehead atoms. The summed E-state index contributed by atoms with van der Waals surface area (Å²) < 4.78 is 5.25. The van der Waals surface area contributed by atoms with E-state index in [1.54, 1.807) is 12.5 Å². The van der Waals surface area contributed by atoms with Crippen LogP contribution >= 0.6 is 0 Å². The van der Waals surface area contributed by atoms with Crippen molar-refractivity contribution in [2.24, 2.45) is 0 Å². The van der Waals surface area contributed by atoms with Crippen LogP contribution in [0, 0.1) is 13.8 Å². The number of aryl methyl sites for hydroxylation is 2. The van der Waals surface area contributed by atoms with Gasteiger partial charge in [-0.15, -0.1) is 5.10 Å². The van der Waals surface area contributed by atoms with E-state index in [0.717, 1.165) is 11.4 Å². The number of nitrogens with one attached hydrogen (secondary N) is 2. The first-order chi connectivity index (χ1) is 10.7. The zero-order valence-corrected chi connectivity index (χ0v) is 12.5. The topological polar surface area (TPSA) is 75.9 Å². The first-order valence-corrected chi connectivity index (χ1v) is 7.01. The average molecular weight is 295 g/mol. The molecule has 0 saturated carbocycles. The maximum absolute atomic E-state index is 5.25. The molecule has 0 aliphatic heterocycles. The normalized spacial score (nSPS) is 10.5. The van der Waals surface area contributed by atoms with E-state index in [0.29, 0.717) is 18.3 Å². The molecule has 0 spiro atoms. The van der Waals surface area contributed by atoms with Crippen molar-refractivity contribution >= 4 is 17.5 Å². The van der Waals surface area contributed by atoms with E-state index in [4.69, 9.17) is 4.42 Å². The van der Waals surface area contributed by atoms with Crippen molar-refractivity contribution in [1.82, 2.24) is 15.2 Å². The highest BCUT2D eigenvalue weighted by atomic mass is 16.3. The van der Waals surface area contributed by atoms with Gasteiger partial charge in [-0.05, 0) is 49.2 Å². The SMILES string of the molecule is Cc1ccc(Nc2cnnc(NCc3ccco3)n2)cc1C. The van der Waals surface area contributed by atoms with Crippen molar-refractivity contribution in [2.75, 3.05) is 10.6 Å². The van der Waals surface area contributed by atoms with Gasteiger partial charge in [-0.3, -0.25) is 0 Å². The maximum Gasteiger partial charge on any atom is 0.245 e. The summed E-state index contributed by atoms with van der Waals surface area (Å²) in [5.41, 5.74) is 3.45. The van der Waals surface area contributed by atoms with Crippen LogP contribution in [0.25, 0.3) is 0 Å². The van der Waals surface area contributed by atoms with Crippen LogP contribution in [0.5, 0.6) is 0 Å². The van der Waals surface area contributed by atoms with E-state index >= 15 is 0 Å². The van der Waals surface area contributed by atoms with E-state index in [9.17, 15) is 0 Å². The minimum atomic E-state index is 0.449. The number of furan rings is 1. The fourth-order valence-corrected chi connectivity index (χ4v) is 1.99. The number of benzene rings is 1. The Morgan fingerprint density at radius 1 is 1.14 bits per heavy atom. The Labute approximate surface area is 128 Å². The van der Waals surface area contributed by atoms with Crippen LogP contribution in [0.3, 0.4) is 0 Å². The molecule has 0 radical (unpaired) electrons. The van der Waals surface area contributed by atoms with E-state index < -0.39 is 0 Å². The molecule has 6 nitrogen and oxygen atoms in total. The Kier molecular flexibility index (Phi) is 4.00. The summed E-state index contributed by atoms with van der Waals surface area (Å²) in [4.78, 5) is 4.38. The van der Waals surface area contributed by atoms with Crippen molar-refractivity contribution in [3.63, 3.8) is 0 Å². The van der Waals surface area contributed by atoms with E-state index in [1.165, 1.54) is 11.1 Å². The molecule has 1 aromatic carbocycles. The molecular formula is C16H17N5O. The molecule has 0 aliphatic rings. The molecule has 2 aromatic heterocycles. The van der Waals surface area contributed by atoms with Gasteiger partial charge in [0.15, 0.2) is 5.82 Å². The fourth-order valence-electron chi connectivity index (χ4n) is 1.99. The van der Waals surface area contributed by atoms with Crippen molar-refractivity contribution in [3.05, 3.63) is 59.7 Å². The van der Waals surface area contributed by atoms with Crippen LogP contribution in [0.1, 0.15) is 16.9 Å². The third-order valence-electron chi connectivity index (χ3n) is 3.34. The van der Waals surface area contributed by atoms with Gasteiger partial charge in [0.05, 0.1) is 19.0 Å². The van der Waals surface area contributed by atoms with Crippen molar-refractivity contribution in [3.8, 4) is 0 Å². The van der Waals surface area contributed by atoms with Gasteiger partial charge in [0.1, 0.15) is 5.76 Å². The lowest BCUT2D eigenvalue weighted by Crippen LogP contribution is -2.06. The van der Waals surface area contributed by atoms with Crippen LogP contribution < -0.4 is 10.6 Å². The summed E-state index contributed by atoms with van der Waals surface area (Å²) in [6.45, 7) is 4.68. The van der Waals surface area contributed by atoms with Gasteiger partial charge in [0.25, 0.3) is 0 Å². The minimum Gasteiger partial charge on any atom is -0.467 e. The highest BCUT2D eigenvalue weighted by molar-refractivity contribution is 5.57. The average Bonchev–Trinajstić information content (AvgIpc) is 3.03. The Hall–Kier alpha value is -2.89. The van der Waals surface area contributed by atoms with Crippen LogP contribution in [0.2, 0.25) is 0 Å². The quantitative estimate of drug-likeness (QED) is 0.751. The lowest BCUT2D eigenvalue weighted by Gasteiger charge is -2.08. The zero-order chi connectivity index (χ0) is 15.4. The predicted octanol–water partition coefficient (Wildman–Crippen LogP) is 3.44. The highest BCUT2D eigenvalue weighted by Gasteiger charge is 2.03. The Morgan fingerprint density at radius 3 is 2.82 bits per heavy atom. The largest absolute Gasteiger partial charge is 0.467 e. The lowest BCUT2D eigenvalue weighted by molar-refractivity contribution is 0.517. The molecule has 112 valence electrons. The molecule has 6 heteroatoms. The smallest absolute Gasteiger partial charge is 0.245 e. The van der Waals surface area contributed by atoms with Gasteiger partial charge in [0.2, 0.25) is 5.95 Å². The third kappa shape index (κ3) is 3.41. The first-order valence-electron chi connectivity index (χ1n) is 7.01. The second-order valence-corrected chi connectivity index (χ2v) is 5.02. The Morgan fingerprint density at radius 2 is 2.05 bits per heavy atom. The summed E-state index contributed by atoms with van der Waals surface area (Å²) in [6.07, 6.45) is 3.22. The van der Waals surface area contributed by atoms with Crippen LogP contribution in [-0.4, -0.2) is 15.2 Å². The summed E-state index contributed by atoms with van der Waals surface area (Å²) in [5, 5.41) is 14.2. The van der Waals surface area contributed by atoms with Gasteiger partial charge in [0, 0.05) is 5.69 Å². The summed E-state index contributed by atoms with van der Waals surface area (Å²) in [6, 6.07) is 9.89. The number of nitrogens with zero attached hydrogens (tertiary/aromatic N) is 3. The number of anilines is 3. The van der Waals surface area contributed by atoms with Crippen LogP contribution in [-0.2, 0) is 6.54 Å². The minimum absolute atomic E-state index is 0.449. The molecule has 0 unspecified atom stereocenters. The van der Waals surface area contributed by atoms with E-state index in [1.807, 2.05) is 18.2 Å². The van der Waals surface area contributed by atoms with Gasteiger partial charge in [-0.1, -0.05) is 6.07 Å². The maximum atomic E-state index is 5.25. The van der Waals surface area contributed by atoms with Crippen molar-refractivity contribution in [1.29, 1.82) is 0 Å². The molecule has 2 N–H and O–H groups in total. The number of hydrogen-bond acceptors (Lipinski definition) is 6. The third-order valence-corrected chi connectivity index (χ3v) is 3.34. The molecule has 3 rings (SSSR count). The van der Waals surface area contributed by atoms with Gasteiger partial charge >= 0.3 is 0 Å². The monoisotopic (exact) mass is 295 g/mol. The van der Waals surface area contributed by atoms with Crippen molar-refractivity contribution < 1.29 is 4.42 Å². The first kappa shape index (κ1) is 14.1. The Bertz CT molecular complexity index is 755. The van der Waals surface area contributed by atoms with Gasteiger partial charge in [-0.2, -0.15) is 10.1 Å². The summed E-state index contributed by atoms with van der Waals surface area (Å²) >= 11 is 0. The molecule has 22 heavy (non-hydrogen) atoms. The summed E-state index contributed by atoms with van der Waals surface area (Å²) in [5.74, 6) is 1.90.